The van der Waals surface area contributed by atoms with E-state index in [2.05, 4.69) is 15.6 Å². The average Bonchev–Trinajstić information content (AvgIpc) is 2.96. The van der Waals surface area contributed by atoms with Crippen molar-refractivity contribution in [2.75, 3.05) is 53.2 Å². The van der Waals surface area contributed by atoms with Crippen LogP contribution in [0.3, 0.4) is 0 Å². The molecule has 1 rings (SSSR count). The standard InChI is InChI=1S/C16H32N4O3/c1-16-15-20(19-18-16)9-12-23-14-13-22-11-8-17-7-5-3-4-6-10-21-2/h15,17H,3-14H2,1-2H3. The van der Waals surface area contributed by atoms with E-state index in [0.29, 0.717) is 19.8 Å². The SMILES string of the molecule is COCCCCCCNCCOCCOCCn1cc(C)nn1. The second-order valence-corrected chi connectivity index (χ2v) is 5.50. The largest absolute Gasteiger partial charge is 0.385 e. The predicted octanol–water partition coefficient (Wildman–Crippen LogP) is 1.42. The lowest BCUT2D eigenvalue weighted by Crippen LogP contribution is -2.21. The van der Waals surface area contributed by atoms with Gasteiger partial charge in [0.25, 0.3) is 0 Å². The molecular weight excluding hydrogens is 296 g/mol. The number of hydrogen-bond acceptors (Lipinski definition) is 6. The number of unbranched alkanes of at least 4 members (excludes halogenated alkanes) is 3. The Morgan fingerprint density at radius 1 is 0.957 bits per heavy atom. The van der Waals surface area contributed by atoms with Gasteiger partial charge in [0, 0.05) is 26.5 Å². The van der Waals surface area contributed by atoms with Gasteiger partial charge in [-0.1, -0.05) is 18.1 Å². The van der Waals surface area contributed by atoms with Crippen LogP contribution in [0.15, 0.2) is 6.20 Å². The van der Waals surface area contributed by atoms with Crippen LogP contribution in [-0.2, 0) is 20.8 Å². The molecular formula is C16H32N4O3. The molecule has 0 aliphatic heterocycles. The van der Waals surface area contributed by atoms with E-state index in [1.165, 1.54) is 19.3 Å². The molecule has 0 atom stereocenters. The Morgan fingerprint density at radius 3 is 2.48 bits per heavy atom. The Kier molecular flexibility index (Phi) is 12.7. The number of hydrogen-bond donors (Lipinski definition) is 1. The van der Waals surface area contributed by atoms with Gasteiger partial charge in [-0.2, -0.15) is 0 Å². The van der Waals surface area contributed by atoms with Crippen LogP contribution >= 0.6 is 0 Å². The summed E-state index contributed by atoms with van der Waals surface area (Å²) in [5.41, 5.74) is 0.927. The minimum atomic E-state index is 0.618. The first-order chi connectivity index (χ1) is 11.3. The van der Waals surface area contributed by atoms with E-state index in [9.17, 15) is 0 Å². The number of rotatable bonds is 16. The van der Waals surface area contributed by atoms with Crippen LogP contribution in [0.4, 0.5) is 0 Å². The number of nitrogens with zero attached hydrogens (tertiary/aromatic N) is 3. The van der Waals surface area contributed by atoms with Gasteiger partial charge in [0.1, 0.15) is 0 Å². The average molecular weight is 328 g/mol. The molecule has 0 radical (unpaired) electrons. The zero-order valence-corrected chi connectivity index (χ0v) is 14.6. The minimum absolute atomic E-state index is 0.618. The topological polar surface area (TPSA) is 70.4 Å². The number of aryl methyl sites for hydroxylation is 1. The highest BCUT2D eigenvalue weighted by molar-refractivity contribution is 4.86. The van der Waals surface area contributed by atoms with Crippen LogP contribution in [0.2, 0.25) is 0 Å². The van der Waals surface area contributed by atoms with Gasteiger partial charge in [0.2, 0.25) is 0 Å². The second kappa shape index (κ2) is 14.6. The zero-order valence-electron chi connectivity index (χ0n) is 14.6. The summed E-state index contributed by atoms with van der Waals surface area (Å²) in [6.07, 6.45) is 6.79. The van der Waals surface area contributed by atoms with Crippen molar-refractivity contribution >= 4 is 0 Å². The Hall–Kier alpha value is -1.02. The molecule has 1 aromatic heterocycles. The van der Waals surface area contributed by atoms with Crippen molar-refractivity contribution in [3.8, 4) is 0 Å². The first-order valence-electron chi connectivity index (χ1n) is 8.55. The molecule has 0 unspecified atom stereocenters. The van der Waals surface area contributed by atoms with Crippen LogP contribution in [0.5, 0.6) is 0 Å². The minimum Gasteiger partial charge on any atom is -0.385 e. The van der Waals surface area contributed by atoms with E-state index in [-0.39, 0.29) is 0 Å². The van der Waals surface area contributed by atoms with E-state index in [4.69, 9.17) is 14.2 Å². The fourth-order valence-electron chi connectivity index (χ4n) is 2.10. The lowest BCUT2D eigenvalue weighted by Gasteiger charge is -2.07. The molecule has 1 aromatic rings. The third-order valence-electron chi connectivity index (χ3n) is 3.37. The van der Waals surface area contributed by atoms with Crippen LogP contribution < -0.4 is 5.32 Å². The molecule has 7 heteroatoms. The molecule has 0 aliphatic rings. The highest BCUT2D eigenvalue weighted by Gasteiger charge is 1.96. The normalized spacial score (nSPS) is 11.2. The third kappa shape index (κ3) is 12.1. The van der Waals surface area contributed by atoms with Crippen molar-refractivity contribution in [1.29, 1.82) is 0 Å². The van der Waals surface area contributed by atoms with Crippen LogP contribution in [-0.4, -0.2) is 68.2 Å². The molecule has 0 bridgehead atoms. The van der Waals surface area contributed by atoms with Crippen molar-refractivity contribution in [2.24, 2.45) is 0 Å². The van der Waals surface area contributed by atoms with Crippen molar-refractivity contribution in [3.63, 3.8) is 0 Å². The van der Waals surface area contributed by atoms with Gasteiger partial charge in [-0.05, 0) is 26.3 Å². The summed E-state index contributed by atoms with van der Waals surface area (Å²) in [5.74, 6) is 0. The first kappa shape index (κ1) is 20.0. The number of methoxy groups -OCH3 is 1. The highest BCUT2D eigenvalue weighted by Crippen LogP contribution is 1.98. The fourth-order valence-corrected chi connectivity index (χ4v) is 2.10. The molecule has 0 amide bonds. The van der Waals surface area contributed by atoms with Gasteiger partial charge in [0.15, 0.2) is 0 Å². The van der Waals surface area contributed by atoms with Crippen LogP contribution in [0.25, 0.3) is 0 Å². The summed E-state index contributed by atoms with van der Waals surface area (Å²) in [6, 6.07) is 0. The second-order valence-electron chi connectivity index (χ2n) is 5.50. The van der Waals surface area contributed by atoms with Gasteiger partial charge in [0.05, 0.1) is 38.7 Å². The summed E-state index contributed by atoms with van der Waals surface area (Å²) >= 11 is 0. The van der Waals surface area contributed by atoms with Gasteiger partial charge in [-0.3, -0.25) is 0 Å². The Balaban J connectivity index is 1.71. The molecule has 7 nitrogen and oxygen atoms in total. The van der Waals surface area contributed by atoms with E-state index < -0.39 is 0 Å². The van der Waals surface area contributed by atoms with E-state index in [1.807, 2.05) is 13.1 Å². The third-order valence-corrected chi connectivity index (χ3v) is 3.37. The molecule has 0 aromatic carbocycles. The summed E-state index contributed by atoms with van der Waals surface area (Å²) in [6.45, 7) is 8.10. The number of aromatic nitrogens is 3. The van der Waals surface area contributed by atoms with Crippen molar-refractivity contribution < 1.29 is 14.2 Å². The van der Waals surface area contributed by atoms with E-state index in [1.54, 1.807) is 11.8 Å². The fraction of sp³-hybridized carbons (Fsp3) is 0.875. The molecule has 1 heterocycles. The monoisotopic (exact) mass is 328 g/mol. The van der Waals surface area contributed by atoms with Crippen LogP contribution in [0.1, 0.15) is 31.4 Å². The molecule has 0 fully saturated rings. The Labute approximate surface area is 139 Å². The maximum atomic E-state index is 5.51. The Morgan fingerprint density at radius 2 is 1.74 bits per heavy atom. The number of nitrogens with one attached hydrogen (secondary N) is 1. The van der Waals surface area contributed by atoms with Crippen LogP contribution in [0, 0.1) is 6.92 Å². The van der Waals surface area contributed by atoms with Crippen molar-refractivity contribution in [1.82, 2.24) is 20.3 Å². The van der Waals surface area contributed by atoms with Gasteiger partial charge < -0.3 is 19.5 Å². The summed E-state index contributed by atoms with van der Waals surface area (Å²) < 4.78 is 17.8. The lowest BCUT2D eigenvalue weighted by atomic mass is 10.2. The summed E-state index contributed by atoms with van der Waals surface area (Å²) in [7, 11) is 1.75. The molecule has 0 saturated heterocycles. The molecule has 1 N–H and O–H groups in total. The highest BCUT2D eigenvalue weighted by atomic mass is 16.5. The molecule has 0 saturated carbocycles. The summed E-state index contributed by atoms with van der Waals surface area (Å²) in [5, 5.41) is 11.3. The first-order valence-corrected chi connectivity index (χ1v) is 8.55. The smallest absolute Gasteiger partial charge is 0.0796 e. The molecule has 0 aliphatic carbocycles. The van der Waals surface area contributed by atoms with Gasteiger partial charge in [-0.25, -0.2) is 4.68 Å². The lowest BCUT2D eigenvalue weighted by molar-refractivity contribution is 0.0449. The maximum absolute atomic E-state index is 5.51. The Bertz CT molecular complexity index is 374. The van der Waals surface area contributed by atoms with E-state index in [0.717, 1.165) is 45.0 Å². The van der Waals surface area contributed by atoms with Crippen molar-refractivity contribution in [3.05, 3.63) is 11.9 Å². The van der Waals surface area contributed by atoms with Gasteiger partial charge in [-0.15, -0.1) is 5.10 Å². The molecule has 0 spiro atoms. The van der Waals surface area contributed by atoms with Crippen molar-refractivity contribution in [2.45, 2.75) is 39.2 Å². The quantitative estimate of drug-likeness (QED) is 0.463. The molecule has 134 valence electrons. The number of ether oxygens (including phenoxy) is 3. The zero-order chi connectivity index (χ0) is 16.6. The predicted molar refractivity (Wildman–Crippen MR) is 89.6 cm³/mol. The van der Waals surface area contributed by atoms with E-state index >= 15 is 0 Å². The molecule has 23 heavy (non-hydrogen) atoms. The van der Waals surface area contributed by atoms with Gasteiger partial charge >= 0.3 is 0 Å². The summed E-state index contributed by atoms with van der Waals surface area (Å²) in [4.78, 5) is 0. The maximum Gasteiger partial charge on any atom is 0.0796 e.